The number of likely N-dealkylation sites (tertiary alicyclic amines) is 1. The molecule has 1 amide bonds. The maximum atomic E-state index is 12.0. The Morgan fingerprint density at radius 3 is 3.22 bits per heavy atom. The zero-order chi connectivity index (χ0) is 12.8. The van der Waals surface area contributed by atoms with E-state index < -0.39 is 0 Å². The van der Waals surface area contributed by atoms with Gasteiger partial charge in [0.2, 0.25) is 5.91 Å². The van der Waals surface area contributed by atoms with Gasteiger partial charge in [0.1, 0.15) is 0 Å². The lowest BCUT2D eigenvalue weighted by atomic mass is 10.0. The summed E-state index contributed by atoms with van der Waals surface area (Å²) in [5.41, 5.74) is 1.11. The standard InChI is InChI=1S/C14H21N3O/c1-12-4-3-7-17(11-12)14(18)10-16-9-13-5-2-6-15-8-13/h2,5-6,8,12,16H,3-4,7,9-11H2,1H3. The van der Waals surface area contributed by atoms with Gasteiger partial charge >= 0.3 is 0 Å². The Balaban J connectivity index is 1.71. The van der Waals surface area contributed by atoms with Crippen molar-refractivity contribution < 1.29 is 4.79 Å². The van der Waals surface area contributed by atoms with Crippen LogP contribution in [0.5, 0.6) is 0 Å². The van der Waals surface area contributed by atoms with Crippen molar-refractivity contribution in [3.63, 3.8) is 0 Å². The molecular formula is C14H21N3O. The van der Waals surface area contributed by atoms with Crippen LogP contribution in [0.25, 0.3) is 0 Å². The Morgan fingerprint density at radius 1 is 1.61 bits per heavy atom. The number of hydrogen-bond donors (Lipinski definition) is 1. The van der Waals surface area contributed by atoms with Crippen LogP contribution in [-0.2, 0) is 11.3 Å². The highest BCUT2D eigenvalue weighted by Gasteiger charge is 2.20. The molecule has 1 atom stereocenters. The first kappa shape index (κ1) is 13.0. The highest BCUT2D eigenvalue weighted by Crippen LogP contribution is 2.15. The largest absolute Gasteiger partial charge is 0.341 e. The molecule has 0 aromatic carbocycles. The fraction of sp³-hybridized carbons (Fsp3) is 0.571. The van der Waals surface area contributed by atoms with Gasteiger partial charge in [-0.15, -0.1) is 0 Å². The van der Waals surface area contributed by atoms with Crippen LogP contribution in [0.3, 0.4) is 0 Å². The van der Waals surface area contributed by atoms with Crippen LogP contribution < -0.4 is 5.32 Å². The van der Waals surface area contributed by atoms with E-state index in [4.69, 9.17) is 0 Å². The molecule has 98 valence electrons. The van der Waals surface area contributed by atoms with Crippen molar-refractivity contribution >= 4 is 5.91 Å². The Bertz CT molecular complexity index is 380. The number of amides is 1. The van der Waals surface area contributed by atoms with Crippen molar-refractivity contribution in [2.45, 2.75) is 26.3 Å². The predicted octanol–water partition coefficient (Wildman–Crippen LogP) is 1.43. The molecule has 1 aliphatic rings. The molecule has 0 spiro atoms. The van der Waals surface area contributed by atoms with E-state index in [2.05, 4.69) is 17.2 Å². The molecule has 2 rings (SSSR count). The van der Waals surface area contributed by atoms with Crippen molar-refractivity contribution in [1.29, 1.82) is 0 Å². The lowest BCUT2D eigenvalue weighted by molar-refractivity contribution is -0.131. The Kier molecular flexibility index (Phi) is 4.70. The zero-order valence-electron chi connectivity index (χ0n) is 10.9. The third-order valence-corrected chi connectivity index (χ3v) is 3.34. The number of nitrogens with zero attached hydrogens (tertiary/aromatic N) is 2. The molecule has 4 heteroatoms. The van der Waals surface area contributed by atoms with E-state index in [9.17, 15) is 4.79 Å². The van der Waals surface area contributed by atoms with Gasteiger partial charge in [-0.1, -0.05) is 13.0 Å². The molecule has 0 bridgehead atoms. The summed E-state index contributed by atoms with van der Waals surface area (Å²) < 4.78 is 0. The number of hydrogen-bond acceptors (Lipinski definition) is 3. The molecule has 1 saturated heterocycles. The SMILES string of the molecule is CC1CCCN(C(=O)CNCc2cccnc2)C1. The smallest absolute Gasteiger partial charge is 0.236 e. The van der Waals surface area contributed by atoms with Gasteiger partial charge in [-0.3, -0.25) is 9.78 Å². The number of nitrogens with one attached hydrogen (secondary N) is 1. The monoisotopic (exact) mass is 247 g/mol. The normalized spacial score (nSPS) is 19.8. The van der Waals surface area contributed by atoms with Crippen molar-refractivity contribution in [3.8, 4) is 0 Å². The second-order valence-corrected chi connectivity index (χ2v) is 5.05. The highest BCUT2D eigenvalue weighted by molar-refractivity contribution is 5.78. The second kappa shape index (κ2) is 6.50. The Hall–Kier alpha value is -1.42. The van der Waals surface area contributed by atoms with Gasteiger partial charge in [0, 0.05) is 32.0 Å². The summed E-state index contributed by atoms with van der Waals surface area (Å²) in [6.45, 7) is 5.15. The summed E-state index contributed by atoms with van der Waals surface area (Å²) in [6.07, 6.45) is 5.95. The van der Waals surface area contributed by atoms with Crippen LogP contribution in [0.1, 0.15) is 25.3 Å². The third-order valence-electron chi connectivity index (χ3n) is 3.34. The first-order valence-corrected chi connectivity index (χ1v) is 6.63. The summed E-state index contributed by atoms with van der Waals surface area (Å²) in [6, 6.07) is 3.92. The molecule has 4 nitrogen and oxygen atoms in total. The molecule has 2 heterocycles. The first-order chi connectivity index (χ1) is 8.75. The fourth-order valence-electron chi connectivity index (χ4n) is 2.34. The van der Waals surface area contributed by atoms with Gasteiger partial charge < -0.3 is 10.2 Å². The molecule has 1 N–H and O–H groups in total. The molecule has 0 saturated carbocycles. The van der Waals surface area contributed by atoms with E-state index in [1.807, 2.05) is 23.2 Å². The average Bonchev–Trinajstić information content (AvgIpc) is 2.40. The minimum absolute atomic E-state index is 0.213. The summed E-state index contributed by atoms with van der Waals surface area (Å²) in [5, 5.41) is 3.18. The fourth-order valence-corrected chi connectivity index (χ4v) is 2.34. The molecule has 1 aromatic rings. The molecular weight excluding hydrogens is 226 g/mol. The van der Waals surface area contributed by atoms with Gasteiger partial charge in [-0.2, -0.15) is 0 Å². The van der Waals surface area contributed by atoms with Crippen molar-refractivity contribution in [3.05, 3.63) is 30.1 Å². The zero-order valence-corrected chi connectivity index (χ0v) is 10.9. The lowest BCUT2D eigenvalue weighted by Gasteiger charge is -2.31. The van der Waals surface area contributed by atoms with Gasteiger partial charge in [0.15, 0.2) is 0 Å². The molecule has 1 fully saturated rings. The van der Waals surface area contributed by atoms with Gasteiger partial charge in [-0.25, -0.2) is 0 Å². The van der Waals surface area contributed by atoms with Crippen molar-refractivity contribution in [1.82, 2.24) is 15.2 Å². The van der Waals surface area contributed by atoms with Gasteiger partial charge in [0.25, 0.3) is 0 Å². The van der Waals surface area contributed by atoms with Gasteiger partial charge in [0.05, 0.1) is 6.54 Å². The maximum absolute atomic E-state index is 12.0. The summed E-state index contributed by atoms with van der Waals surface area (Å²) in [7, 11) is 0. The lowest BCUT2D eigenvalue weighted by Crippen LogP contribution is -2.43. The van der Waals surface area contributed by atoms with Crippen LogP contribution in [0, 0.1) is 5.92 Å². The summed E-state index contributed by atoms with van der Waals surface area (Å²) >= 11 is 0. The maximum Gasteiger partial charge on any atom is 0.236 e. The first-order valence-electron chi connectivity index (χ1n) is 6.63. The van der Waals surface area contributed by atoms with E-state index in [1.165, 1.54) is 6.42 Å². The second-order valence-electron chi connectivity index (χ2n) is 5.05. The van der Waals surface area contributed by atoms with E-state index >= 15 is 0 Å². The molecule has 18 heavy (non-hydrogen) atoms. The Morgan fingerprint density at radius 2 is 2.50 bits per heavy atom. The average molecular weight is 247 g/mol. The molecule has 1 aliphatic heterocycles. The van der Waals surface area contributed by atoms with Crippen LogP contribution in [-0.4, -0.2) is 35.4 Å². The van der Waals surface area contributed by atoms with Crippen LogP contribution in [0.4, 0.5) is 0 Å². The quantitative estimate of drug-likeness (QED) is 0.875. The minimum Gasteiger partial charge on any atom is -0.341 e. The molecule has 1 unspecified atom stereocenters. The number of pyridine rings is 1. The van der Waals surface area contributed by atoms with Crippen molar-refractivity contribution in [2.75, 3.05) is 19.6 Å². The summed E-state index contributed by atoms with van der Waals surface area (Å²) in [5.74, 6) is 0.853. The Labute approximate surface area is 108 Å². The number of carbonyl (C=O) groups excluding carboxylic acids is 1. The molecule has 0 radical (unpaired) electrons. The van der Waals surface area contributed by atoms with Crippen LogP contribution >= 0.6 is 0 Å². The van der Waals surface area contributed by atoms with Crippen LogP contribution in [0.15, 0.2) is 24.5 Å². The highest BCUT2D eigenvalue weighted by atomic mass is 16.2. The third kappa shape index (κ3) is 3.81. The summed E-state index contributed by atoms with van der Waals surface area (Å²) in [4.78, 5) is 18.0. The van der Waals surface area contributed by atoms with E-state index in [1.54, 1.807) is 6.20 Å². The number of carbonyl (C=O) groups is 1. The van der Waals surface area contributed by atoms with Gasteiger partial charge in [-0.05, 0) is 30.4 Å². The van der Waals surface area contributed by atoms with Crippen LogP contribution in [0.2, 0.25) is 0 Å². The number of piperidine rings is 1. The van der Waals surface area contributed by atoms with Crippen molar-refractivity contribution in [2.24, 2.45) is 5.92 Å². The number of rotatable bonds is 4. The minimum atomic E-state index is 0.213. The predicted molar refractivity (Wildman–Crippen MR) is 70.9 cm³/mol. The van der Waals surface area contributed by atoms with E-state index in [0.29, 0.717) is 19.0 Å². The topological polar surface area (TPSA) is 45.2 Å². The molecule has 1 aromatic heterocycles. The number of aromatic nitrogens is 1. The van der Waals surface area contributed by atoms with E-state index in [0.717, 1.165) is 25.1 Å². The molecule has 0 aliphatic carbocycles. The van der Waals surface area contributed by atoms with E-state index in [-0.39, 0.29) is 5.91 Å².